The first kappa shape index (κ1) is 55.0. The van der Waals surface area contributed by atoms with Crippen LogP contribution in [0.2, 0.25) is 0 Å². The number of benzene rings is 1. The highest BCUT2D eigenvalue weighted by Crippen LogP contribution is 2.29. The van der Waals surface area contributed by atoms with Crippen LogP contribution in [-0.2, 0) is 54.3 Å². The highest BCUT2D eigenvalue weighted by Gasteiger charge is 2.53. The van der Waals surface area contributed by atoms with E-state index < -0.39 is 132 Å². The molecule has 0 saturated carbocycles. The van der Waals surface area contributed by atoms with E-state index in [1.54, 1.807) is 65.8 Å². The van der Waals surface area contributed by atoms with Gasteiger partial charge in [0.15, 0.2) is 17.9 Å². The van der Waals surface area contributed by atoms with E-state index in [1.165, 1.54) is 49.8 Å². The van der Waals surface area contributed by atoms with E-state index in [0.29, 0.717) is 24.2 Å². The molecule has 68 heavy (non-hydrogen) atoms. The molecular formula is C49H74N6O13. The van der Waals surface area contributed by atoms with Crippen LogP contribution in [0.4, 0.5) is 4.79 Å². The van der Waals surface area contributed by atoms with Crippen molar-refractivity contribution in [3.8, 4) is 5.75 Å². The van der Waals surface area contributed by atoms with Gasteiger partial charge in [-0.15, -0.1) is 0 Å². The molecule has 0 unspecified atom stereocenters. The van der Waals surface area contributed by atoms with Crippen molar-refractivity contribution in [3.63, 3.8) is 0 Å². The number of aliphatic hydroxyl groups excluding tert-OH is 1. The van der Waals surface area contributed by atoms with E-state index in [1.807, 2.05) is 13.8 Å². The molecule has 0 radical (unpaired) electrons. The summed E-state index contributed by atoms with van der Waals surface area (Å²) in [4.78, 5) is 133. The summed E-state index contributed by atoms with van der Waals surface area (Å²) in [7, 11) is 4.32. The van der Waals surface area contributed by atoms with Gasteiger partial charge in [0.25, 0.3) is 5.91 Å². The summed E-state index contributed by atoms with van der Waals surface area (Å²) in [6.07, 6.45) is -4.26. The number of ether oxygens (including phenoxy) is 3. The molecule has 11 atom stereocenters. The lowest BCUT2D eigenvalue weighted by Crippen LogP contribution is -2.61. The van der Waals surface area contributed by atoms with Crippen LogP contribution in [-0.4, -0.2) is 160 Å². The minimum absolute atomic E-state index is 0.108. The number of methoxy groups -OCH3 is 1. The van der Waals surface area contributed by atoms with Gasteiger partial charge in [-0.25, -0.2) is 14.5 Å². The molecule has 1 aromatic carbocycles. The average Bonchev–Trinajstić information content (AvgIpc) is 3.86. The Morgan fingerprint density at radius 3 is 1.99 bits per heavy atom. The van der Waals surface area contributed by atoms with Crippen molar-refractivity contribution >= 4 is 53.3 Å². The molecule has 1 aromatic rings. The third kappa shape index (κ3) is 12.5. The molecule has 4 rings (SSSR count). The maximum atomic E-state index is 14.8. The zero-order chi connectivity index (χ0) is 51.1. The number of ketones is 1. The third-order valence-corrected chi connectivity index (χ3v) is 13.5. The van der Waals surface area contributed by atoms with Gasteiger partial charge in [0.1, 0.15) is 36.0 Å². The SMILES string of the molecule is CC[C@H](C)[C@H]1NC(=O)[C@@H](N2C(=O)[C@@H](C(C)C)N(C)C2=O)[C@@H](C)OC(=O)[C@H](Cc2ccc(OC)cc2)N(C)C(=O)[C@@H]2CCCN2C(=O)[C@H](CC(C)C)NC(=O)[C@@H](C)C(=O)[C@H](C(C)C)OC(=O)C[C@@H]1O. The fraction of sp³-hybridized carbons (Fsp3) is 0.694. The van der Waals surface area contributed by atoms with Crippen molar-refractivity contribution in [2.75, 3.05) is 27.7 Å². The van der Waals surface area contributed by atoms with E-state index in [4.69, 9.17) is 14.2 Å². The number of likely N-dealkylation sites (N-methyl/N-ethyl adjacent to an activating group) is 2. The van der Waals surface area contributed by atoms with Gasteiger partial charge < -0.3 is 44.7 Å². The summed E-state index contributed by atoms with van der Waals surface area (Å²) in [5.41, 5.74) is 0.587. The molecule has 3 N–H and O–H groups in total. The summed E-state index contributed by atoms with van der Waals surface area (Å²) in [6.45, 7) is 16.8. The van der Waals surface area contributed by atoms with Crippen molar-refractivity contribution in [2.45, 2.75) is 162 Å². The molecule has 7 amide bonds. The van der Waals surface area contributed by atoms with Crippen molar-refractivity contribution in [1.82, 2.24) is 30.2 Å². The summed E-state index contributed by atoms with van der Waals surface area (Å²) in [6, 6.07) is -1.68. The van der Waals surface area contributed by atoms with Crippen LogP contribution in [0.15, 0.2) is 24.3 Å². The van der Waals surface area contributed by atoms with Gasteiger partial charge in [-0.3, -0.25) is 33.6 Å². The largest absolute Gasteiger partial charge is 0.497 e. The first-order valence-electron chi connectivity index (χ1n) is 23.9. The number of imide groups is 1. The van der Waals surface area contributed by atoms with Crippen molar-refractivity contribution in [2.24, 2.45) is 29.6 Å². The Morgan fingerprint density at radius 2 is 1.44 bits per heavy atom. The lowest BCUT2D eigenvalue weighted by molar-refractivity contribution is -0.164. The van der Waals surface area contributed by atoms with E-state index in [9.17, 15) is 48.3 Å². The number of cyclic esters (lactones) is 2. The first-order valence-corrected chi connectivity index (χ1v) is 23.9. The fourth-order valence-electron chi connectivity index (χ4n) is 9.28. The number of carbonyl (C=O) groups excluding carboxylic acids is 9. The lowest BCUT2D eigenvalue weighted by Gasteiger charge is -2.36. The van der Waals surface area contributed by atoms with Crippen LogP contribution < -0.4 is 15.4 Å². The molecule has 3 heterocycles. The smallest absolute Gasteiger partial charge is 0.329 e. The quantitative estimate of drug-likeness (QED) is 0.174. The molecular weight excluding hydrogens is 881 g/mol. The Hall–Kier alpha value is -5.59. The number of esters is 2. The van der Waals surface area contributed by atoms with Gasteiger partial charge in [-0.1, -0.05) is 73.9 Å². The minimum atomic E-state index is -1.81. The minimum Gasteiger partial charge on any atom is -0.497 e. The number of nitrogens with zero attached hydrogens (tertiary/aromatic N) is 4. The normalized spacial score (nSPS) is 29.6. The van der Waals surface area contributed by atoms with E-state index >= 15 is 0 Å². The molecule has 0 spiro atoms. The zero-order valence-corrected chi connectivity index (χ0v) is 42.0. The van der Waals surface area contributed by atoms with Gasteiger partial charge in [-0.05, 0) is 74.5 Å². The topological polar surface area (TPSA) is 239 Å². The third-order valence-electron chi connectivity index (χ3n) is 13.5. The van der Waals surface area contributed by atoms with Crippen molar-refractivity contribution < 1.29 is 62.5 Å². The molecule has 3 aliphatic heterocycles. The number of nitrogens with one attached hydrogen (secondary N) is 2. The molecule has 0 aromatic heterocycles. The second-order valence-corrected chi connectivity index (χ2v) is 19.7. The number of hydrogen-bond acceptors (Lipinski definition) is 13. The van der Waals surface area contributed by atoms with Gasteiger partial charge >= 0.3 is 18.0 Å². The number of Topliss-reactive ketones (excluding diaryl/α,β-unsaturated/α-hetero) is 1. The Morgan fingerprint density at radius 1 is 0.809 bits per heavy atom. The summed E-state index contributed by atoms with van der Waals surface area (Å²) >= 11 is 0. The Bertz CT molecular complexity index is 2030. The van der Waals surface area contributed by atoms with Gasteiger partial charge in [0.2, 0.25) is 23.6 Å². The average molecular weight is 955 g/mol. The number of carbonyl (C=O) groups is 9. The van der Waals surface area contributed by atoms with Crippen molar-refractivity contribution in [3.05, 3.63) is 29.8 Å². The zero-order valence-electron chi connectivity index (χ0n) is 42.0. The van der Waals surface area contributed by atoms with Crippen LogP contribution in [0.1, 0.15) is 107 Å². The van der Waals surface area contributed by atoms with Gasteiger partial charge in [0, 0.05) is 27.1 Å². The first-order chi connectivity index (χ1) is 31.9. The van der Waals surface area contributed by atoms with Gasteiger partial charge in [-0.2, -0.15) is 0 Å². The number of rotatable bonds is 10. The van der Waals surface area contributed by atoms with Crippen LogP contribution in [0.5, 0.6) is 5.75 Å². The molecule has 378 valence electrons. The molecule has 0 aliphatic carbocycles. The summed E-state index contributed by atoms with van der Waals surface area (Å²) in [5.74, 6) is -8.94. The van der Waals surface area contributed by atoms with Crippen molar-refractivity contribution in [1.29, 1.82) is 0 Å². The van der Waals surface area contributed by atoms with E-state index in [0.717, 1.165) is 4.90 Å². The van der Waals surface area contributed by atoms with E-state index in [-0.39, 0.29) is 37.6 Å². The number of amides is 7. The number of hydrogen-bond donors (Lipinski definition) is 3. The number of fused-ring (bicyclic) bond motifs is 1. The number of urea groups is 1. The predicted octanol–water partition coefficient (Wildman–Crippen LogP) is 2.87. The maximum Gasteiger partial charge on any atom is 0.329 e. The summed E-state index contributed by atoms with van der Waals surface area (Å²) in [5, 5.41) is 17.2. The second-order valence-electron chi connectivity index (χ2n) is 19.7. The standard InChI is InChI=1S/C49H74N6O13/c1-14-28(8)38-36(56)24-37(57)68-42(27(6)7)41(58)29(9)43(59)50-33(22-25(2)3)45(61)54-21-15-16-34(54)46(62)52(11)35(23-31-17-19-32(66-13)20-18-31)48(64)67-30(10)40(44(60)51-38)55-47(63)39(26(4)5)53(12)49(55)65/h17-20,25-30,33-36,38-40,42,56H,14-16,21-24H2,1-13H3,(H,50,59)(H,51,60)/t28-,29-,30+,33-,34-,35-,36-,38+,39+,40-,42-/m0/s1. The maximum absolute atomic E-state index is 14.8. The molecule has 3 fully saturated rings. The van der Waals surface area contributed by atoms with Crippen LogP contribution in [0, 0.1) is 29.6 Å². The highest BCUT2D eigenvalue weighted by atomic mass is 16.6. The number of aliphatic hydroxyl groups is 1. The summed E-state index contributed by atoms with van der Waals surface area (Å²) < 4.78 is 17.1. The van der Waals surface area contributed by atoms with Gasteiger partial charge in [0.05, 0.1) is 31.6 Å². The molecule has 3 saturated heterocycles. The molecule has 0 bridgehead atoms. The van der Waals surface area contributed by atoms with Crippen LogP contribution in [0.3, 0.4) is 0 Å². The Labute approximate surface area is 400 Å². The molecule has 3 aliphatic rings. The Balaban J connectivity index is 1.90. The second kappa shape index (κ2) is 23.6. The lowest BCUT2D eigenvalue weighted by atomic mass is 9.91. The molecule has 19 heteroatoms. The fourth-order valence-corrected chi connectivity index (χ4v) is 9.28. The van der Waals surface area contributed by atoms with Crippen LogP contribution in [0.25, 0.3) is 0 Å². The monoisotopic (exact) mass is 955 g/mol. The highest BCUT2D eigenvalue weighted by molar-refractivity contribution is 6.08. The molecule has 19 nitrogen and oxygen atoms in total. The predicted molar refractivity (Wildman–Crippen MR) is 248 cm³/mol. The Kier molecular flexibility index (Phi) is 19.1. The van der Waals surface area contributed by atoms with E-state index in [2.05, 4.69) is 10.6 Å². The van der Waals surface area contributed by atoms with Crippen LogP contribution >= 0.6 is 0 Å².